The molecule has 0 saturated carbocycles. The molecule has 0 aliphatic rings. The Bertz CT molecular complexity index is 480. The molecule has 0 atom stereocenters. The molecule has 16 heavy (non-hydrogen) atoms. The van der Waals surface area contributed by atoms with Crippen LogP contribution in [0.4, 0.5) is 4.39 Å². The second-order valence-electron chi connectivity index (χ2n) is 3.15. The van der Waals surface area contributed by atoms with Gasteiger partial charge in [-0.3, -0.25) is 0 Å². The molecule has 0 aliphatic heterocycles. The number of hydrogen-bond donors (Lipinski definition) is 1. The van der Waals surface area contributed by atoms with Gasteiger partial charge in [-0.2, -0.15) is 4.98 Å². The average molecular weight is 242 g/mol. The van der Waals surface area contributed by atoms with E-state index in [4.69, 9.17) is 21.9 Å². The van der Waals surface area contributed by atoms with E-state index in [9.17, 15) is 4.39 Å². The van der Waals surface area contributed by atoms with E-state index in [2.05, 4.69) is 10.1 Å². The SMILES string of the molecule is NCCc1nc(-c2c(F)cccc2Cl)no1. The Morgan fingerprint density at radius 3 is 2.94 bits per heavy atom. The van der Waals surface area contributed by atoms with Crippen molar-refractivity contribution in [2.24, 2.45) is 5.73 Å². The highest BCUT2D eigenvalue weighted by molar-refractivity contribution is 6.33. The van der Waals surface area contributed by atoms with E-state index in [1.54, 1.807) is 6.07 Å². The quantitative estimate of drug-likeness (QED) is 0.893. The van der Waals surface area contributed by atoms with Gasteiger partial charge in [-0.15, -0.1) is 0 Å². The second kappa shape index (κ2) is 4.59. The molecule has 0 amide bonds. The van der Waals surface area contributed by atoms with Crippen LogP contribution >= 0.6 is 11.6 Å². The molecule has 0 fully saturated rings. The minimum atomic E-state index is -0.479. The van der Waals surface area contributed by atoms with Crippen molar-refractivity contribution in [3.63, 3.8) is 0 Å². The summed E-state index contributed by atoms with van der Waals surface area (Å²) in [6.07, 6.45) is 0.457. The van der Waals surface area contributed by atoms with Gasteiger partial charge in [0.25, 0.3) is 0 Å². The molecule has 84 valence electrons. The zero-order valence-corrected chi connectivity index (χ0v) is 9.04. The van der Waals surface area contributed by atoms with Gasteiger partial charge in [0, 0.05) is 13.0 Å². The summed E-state index contributed by atoms with van der Waals surface area (Å²) in [6, 6.07) is 4.38. The number of nitrogens with zero attached hydrogens (tertiary/aromatic N) is 2. The summed E-state index contributed by atoms with van der Waals surface area (Å²) in [4.78, 5) is 4.01. The summed E-state index contributed by atoms with van der Waals surface area (Å²) < 4.78 is 18.4. The number of nitrogens with two attached hydrogens (primary N) is 1. The summed E-state index contributed by atoms with van der Waals surface area (Å²) in [7, 11) is 0. The van der Waals surface area contributed by atoms with Crippen molar-refractivity contribution in [2.45, 2.75) is 6.42 Å². The first-order chi connectivity index (χ1) is 7.72. The van der Waals surface area contributed by atoms with Crippen molar-refractivity contribution in [3.8, 4) is 11.4 Å². The van der Waals surface area contributed by atoms with Crippen LogP contribution < -0.4 is 5.73 Å². The summed E-state index contributed by atoms with van der Waals surface area (Å²) in [6.45, 7) is 0.395. The minimum Gasteiger partial charge on any atom is -0.339 e. The number of halogens is 2. The molecule has 2 rings (SSSR count). The van der Waals surface area contributed by atoms with Crippen molar-refractivity contribution in [3.05, 3.63) is 34.9 Å². The number of benzene rings is 1. The maximum atomic E-state index is 13.5. The van der Waals surface area contributed by atoms with Crippen LogP contribution in [0.1, 0.15) is 5.89 Å². The molecule has 1 aromatic carbocycles. The van der Waals surface area contributed by atoms with Gasteiger partial charge in [0.2, 0.25) is 11.7 Å². The van der Waals surface area contributed by atoms with Crippen LogP contribution in [0.15, 0.2) is 22.7 Å². The Morgan fingerprint density at radius 1 is 1.44 bits per heavy atom. The summed E-state index contributed by atoms with van der Waals surface area (Å²) >= 11 is 5.86. The monoisotopic (exact) mass is 241 g/mol. The number of rotatable bonds is 3. The largest absolute Gasteiger partial charge is 0.339 e. The first kappa shape index (κ1) is 11.0. The van der Waals surface area contributed by atoms with Gasteiger partial charge in [-0.25, -0.2) is 4.39 Å². The van der Waals surface area contributed by atoms with E-state index in [-0.39, 0.29) is 16.4 Å². The van der Waals surface area contributed by atoms with Gasteiger partial charge in [0.1, 0.15) is 5.82 Å². The van der Waals surface area contributed by atoms with Crippen LogP contribution in [0.3, 0.4) is 0 Å². The fourth-order valence-electron chi connectivity index (χ4n) is 1.29. The fourth-order valence-corrected chi connectivity index (χ4v) is 1.54. The van der Waals surface area contributed by atoms with E-state index in [1.807, 2.05) is 0 Å². The lowest BCUT2D eigenvalue weighted by Gasteiger charge is -1.99. The van der Waals surface area contributed by atoms with Gasteiger partial charge < -0.3 is 10.3 Å². The van der Waals surface area contributed by atoms with Crippen LogP contribution in [0.2, 0.25) is 5.02 Å². The molecule has 0 aliphatic carbocycles. The van der Waals surface area contributed by atoms with Crippen molar-refractivity contribution >= 4 is 11.6 Å². The third kappa shape index (κ3) is 2.05. The molecular weight excluding hydrogens is 233 g/mol. The first-order valence-corrected chi connectivity index (χ1v) is 5.07. The van der Waals surface area contributed by atoms with Gasteiger partial charge >= 0.3 is 0 Å². The predicted molar refractivity (Wildman–Crippen MR) is 57.5 cm³/mol. The summed E-state index contributed by atoms with van der Waals surface area (Å²) in [5.74, 6) is 0.0379. The predicted octanol–water partition coefficient (Wildman–Crippen LogP) is 2.03. The smallest absolute Gasteiger partial charge is 0.228 e. The third-order valence-corrected chi connectivity index (χ3v) is 2.33. The molecule has 2 N–H and O–H groups in total. The molecule has 6 heteroatoms. The molecule has 0 saturated heterocycles. The highest BCUT2D eigenvalue weighted by atomic mass is 35.5. The van der Waals surface area contributed by atoms with Crippen LogP contribution in [0.25, 0.3) is 11.4 Å². The Kier molecular flexibility index (Phi) is 3.17. The average Bonchev–Trinajstić information content (AvgIpc) is 2.67. The minimum absolute atomic E-state index is 0.145. The lowest BCUT2D eigenvalue weighted by Crippen LogP contribution is -2.02. The number of hydrogen-bond acceptors (Lipinski definition) is 4. The zero-order chi connectivity index (χ0) is 11.5. The van der Waals surface area contributed by atoms with Crippen LogP contribution in [0, 0.1) is 5.82 Å². The molecule has 1 heterocycles. The number of aromatic nitrogens is 2. The van der Waals surface area contributed by atoms with Gasteiger partial charge in [0.15, 0.2) is 0 Å². The molecule has 0 unspecified atom stereocenters. The van der Waals surface area contributed by atoms with Gasteiger partial charge in [0.05, 0.1) is 10.6 Å². The van der Waals surface area contributed by atoms with Crippen molar-refractivity contribution < 1.29 is 8.91 Å². The molecule has 1 aromatic heterocycles. The lowest BCUT2D eigenvalue weighted by molar-refractivity contribution is 0.380. The third-order valence-electron chi connectivity index (χ3n) is 2.01. The highest BCUT2D eigenvalue weighted by Crippen LogP contribution is 2.28. The van der Waals surface area contributed by atoms with E-state index in [0.717, 1.165) is 0 Å². The van der Waals surface area contributed by atoms with E-state index < -0.39 is 5.82 Å². The molecule has 0 radical (unpaired) electrons. The van der Waals surface area contributed by atoms with E-state index in [1.165, 1.54) is 12.1 Å². The molecular formula is C10H9ClFN3O. The fraction of sp³-hybridized carbons (Fsp3) is 0.200. The van der Waals surface area contributed by atoms with E-state index >= 15 is 0 Å². The molecule has 4 nitrogen and oxygen atoms in total. The van der Waals surface area contributed by atoms with E-state index in [0.29, 0.717) is 18.9 Å². The normalized spacial score (nSPS) is 10.7. The molecule has 0 bridgehead atoms. The standard InChI is InChI=1S/C10H9ClFN3O/c11-6-2-1-3-7(12)9(6)10-14-8(4-5-13)16-15-10/h1-3H,4-5,13H2. The summed E-state index contributed by atoms with van der Waals surface area (Å²) in [5.41, 5.74) is 5.49. The first-order valence-electron chi connectivity index (χ1n) is 4.69. The zero-order valence-electron chi connectivity index (χ0n) is 8.28. The van der Waals surface area contributed by atoms with Crippen LogP contribution in [0.5, 0.6) is 0 Å². The Hall–Kier alpha value is -1.46. The lowest BCUT2D eigenvalue weighted by atomic mass is 10.2. The van der Waals surface area contributed by atoms with Crippen molar-refractivity contribution in [1.82, 2.24) is 10.1 Å². The highest BCUT2D eigenvalue weighted by Gasteiger charge is 2.15. The second-order valence-corrected chi connectivity index (χ2v) is 3.55. The Labute approximate surface area is 96.2 Å². The Balaban J connectivity index is 2.42. The van der Waals surface area contributed by atoms with Gasteiger partial charge in [-0.1, -0.05) is 22.8 Å². The summed E-state index contributed by atoms with van der Waals surface area (Å²) in [5, 5.41) is 3.91. The van der Waals surface area contributed by atoms with Crippen LogP contribution in [-0.4, -0.2) is 16.7 Å². The topological polar surface area (TPSA) is 64.9 Å². The molecule has 2 aromatic rings. The van der Waals surface area contributed by atoms with Crippen molar-refractivity contribution in [1.29, 1.82) is 0 Å². The Morgan fingerprint density at radius 2 is 2.25 bits per heavy atom. The van der Waals surface area contributed by atoms with Crippen LogP contribution in [-0.2, 0) is 6.42 Å². The maximum Gasteiger partial charge on any atom is 0.228 e. The molecule has 0 spiro atoms. The maximum absolute atomic E-state index is 13.5. The van der Waals surface area contributed by atoms with Crippen molar-refractivity contribution in [2.75, 3.05) is 6.54 Å². The van der Waals surface area contributed by atoms with Gasteiger partial charge in [-0.05, 0) is 12.1 Å².